The van der Waals surface area contributed by atoms with Crippen molar-refractivity contribution < 1.29 is 28.2 Å². The molecule has 0 saturated carbocycles. The lowest BCUT2D eigenvalue weighted by Crippen LogP contribution is -2.41. The van der Waals surface area contributed by atoms with Crippen LogP contribution in [0.1, 0.15) is 56.7 Å². The number of anilines is 2. The molecule has 0 bridgehead atoms. The number of hydrogen-bond acceptors (Lipinski definition) is 8. The van der Waals surface area contributed by atoms with Crippen LogP contribution in [0.2, 0.25) is 23.2 Å². The van der Waals surface area contributed by atoms with E-state index in [-0.39, 0.29) is 17.2 Å². The molecule has 1 unspecified atom stereocenters. The van der Waals surface area contributed by atoms with Gasteiger partial charge >= 0.3 is 6.03 Å². The Bertz CT molecular complexity index is 1200. The van der Waals surface area contributed by atoms with Gasteiger partial charge in [0.2, 0.25) is 6.29 Å². The normalized spacial score (nSPS) is 17.7. The largest absolute Gasteiger partial charge is 0.486 e. The van der Waals surface area contributed by atoms with Crippen molar-refractivity contribution in [3.05, 3.63) is 40.2 Å². The smallest absolute Gasteiger partial charge is 0.328 e. The van der Waals surface area contributed by atoms with E-state index in [1.54, 1.807) is 25.2 Å². The van der Waals surface area contributed by atoms with Crippen LogP contribution in [0.5, 0.6) is 5.75 Å². The first-order valence-corrected chi connectivity index (χ1v) is 16.9. The molecule has 10 nitrogen and oxygen atoms in total. The van der Waals surface area contributed by atoms with Gasteiger partial charge in [-0.2, -0.15) is 0 Å². The molecule has 0 radical (unpaired) electrons. The predicted molar refractivity (Wildman–Crippen MR) is 157 cm³/mol. The van der Waals surface area contributed by atoms with Gasteiger partial charge in [-0.15, -0.1) is 0 Å². The van der Waals surface area contributed by atoms with Crippen molar-refractivity contribution in [1.29, 1.82) is 0 Å². The minimum atomic E-state index is -2.01. The molecule has 40 heavy (non-hydrogen) atoms. The predicted octanol–water partition coefficient (Wildman–Crippen LogP) is 6.10. The van der Waals surface area contributed by atoms with E-state index in [2.05, 4.69) is 50.2 Å². The number of carbonyl (C=O) groups is 1. The maximum Gasteiger partial charge on any atom is 0.328 e. The molecule has 0 aliphatic carbocycles. The maximum atomic E-state index is 13.5. The minimum Gasteiger partial charge on any atom is -0.486 e. The summed E-state index contributed by atoms with van der Waals surface area (Å²) in [5.41, 5.74) is 2.47. The second-order valence-corrected chi connectivity index (χ2v) is 16.9. The number of pyridine rings is 2. The first-order valence-electron chi connectivity index (χ1n) is 13.6. The highest BCUT2D eigenvalue weighted by Crippen LogP contribution is 2.38. The fraction of sp³-hybridized carbons (Fsp3) is 0.607. The summed E-state index contributed by atoms with van der Waals surface area (Å²) in [5.74, 6) is 1.36. The van der Waals surface area contributed by atoms with Crippen molar-refractivity contribution >= 4 is 37.6 Å². The highest BCUT2D eigenvalue weighted by Gasteiger charge is 2.38. The van der Waals surface area contributed by atoms with Crippen molar-refractivity contribution in [3.63, 3.8) is 0 Å². The quantitative estimate of drug-likeness (QED) is 0.275. The molecule has 2 aliphatic heterocycles. The van der Waals surface area contributed by atoms with Crippen LogP contribution in [0.4, 0.5) is 16.4 Å². The number of carbonyl (C=O) groups excluding carboxylic acids is 1. The maximum absolute atomic E-state index is 13.5. The molecular weight excluding hydrogens is 552 g/mol. The van der Waals surface area contributed by atoms with Crippen molar-refractivity contribution in [2.45, 2.75) is 77.2 Å². The molecule has 2 aliphatic rings. The Morgan fingerprint density at radius 3 is 2.67 bits per heavy atom. The minimum absolute atomic E-state index is 0.0666. The molecule has 2 amide bonds. The molecule has 4 rings (SSSR count). The molecule has 12 heteroatoms. The van der Waals surface area contributed by atoms with E-state index in [0.717, 1.165) is 30.4 Å². The van der Waals surface area contributed by atoms with E-state index in [1.807, 2.05) is 0 Å². The Kier molecular flexibility index (Phi) is 9.74. The Morgan fingerprint density at radius 2 is 2.02 bits per heavy atom. The summed E-state index contributed by atoms with van der Waals surface area (Å²) in [4.78, 5) is 24.3. The summed E-state index contributed by atoms with van der Waals surface area (Å²) >= 11 is 6.30. The summed E-state index contributed by atoms with van der Waals surface area (Å²) in [6.45, 7) is 13.1. The van der Waals surface area contributed by atoms with E-state index >= 15 is 0 Å². The number of amides is 2. The van der Waals surface area contributed by atoms with Gasteiger partial charge in [0.1, 0.15) is 34.2 Å². The first kappa shape index (κ1) is 30.7. The van der Waals surface area contributed by atoms with Crippen LogP contribution >= 0.6 is 11.6 Å². The van der Waals surface area contributed by atoms with E-state index in [1.165, 1.54) is 6.20 Å². The standard InChI is InChI=1S/C28H41ClN4O6Si/c1-28(2,3)40(6,7)38-16-19-13-18-9-8-11-33(25(18)32-24(19)26(35-4)36-5)27(34)31-23-14-22(21(29)15-30-23)39-20-10-12-37-17-20/h13-15,20,26H,8-12,16-17H2,1-7H3,(H,30,31,34). The number of urea groups is 1. The molecule has 0 spiro atoms. The average molecular weight is 593 g/mol. The second kappa shape index (κ2) is 12.7. The fourth-order valence-electron chi connectivity index (χ4n) is 4.41. The third-order valence-corrected chi connectivity index (χ3v) is 12.6. The molecule has 1 fully saturated rings. The van der Waals surface area contributed by atoms with Gasteiger partial charge in [0.25, 0.3) is 0 Å². The SMILES string of the molecule is COC(OC)c1nc2c(cc1CO[Si](C)(C)C(C)(C)C)CCCN2C(=O)Nc1cc(OC2CCOC2)c(Cl)cn1. The van der Waals surface area contributed by atoms with Gasteiger partial charge in [-0.25, -0.2) is 14.8 Å². The summed E-state index contributed by atoms with van der Waals surface area (Å²) in [7, 11) is 1.13. The lowest BCUT2D eigenvalue weighted by Gasteiger charge is -2.36. The number of methoxy groups -OCH3 is 2. The lowest BCUT2D eigenvalue weighted by atomic mass is 10.0. The molecular formula is C28H41ClN4O6Si. The van der Waals surface area contributed by atoms with Gasteiger partial charge < -0.3 is 23.4 Å². The number of rotatable bonds is 9. The van der Waals surface area contributed by atoms with Crippen LogP contribution in [0, 0.1) is 0 Å². The van der Waals surface area contributed by atoms with Gasteiger partial charge in [-0.3, -0.25) is 10.2 Å². The first-order chi connectivity index (χ1) is 18.9. The molecule has 2 aromatic heterocycles. The van der Waals surface area contributed by atoms with Crippen molar-refractivity contribution in [1.82, 2.24) is 9.97 Å². The Labute approximate surface area is 242 Å². The monoisotopic (exact) mass is 592 g/mol. The molecule has 4 heterocycles. The Morgan fingerprint density at radius 1 is 1.27 bits per heavy atom. The van der Waals surface area contributed by atoms with Gasteiger partial charge in [-0.05, 0) is 42.6 Å². The second-order valence-electron chi connectivity index (χ2n) is 11.7. The van der Waals surface area contributed by atoms with E-state index < -0.39 is 14.6 Å². The van der Waals surface area contributed by atoms with Crippen LogP contribution in [0.3, 0.4) is 0 Å². The average Bonchev–Trinajstić information content (AvgIpc) is 3.42. The highest BCUT2D eigenvalue weighted by molar-refractivity contribution is 6.74. The van der Waals surface area contributed by atoms with Gasteiger partial charge in [0.05, 0.1) is 26.0 Å². The topological polar surface area (TPSA) is 104 Å². The number of halogens is 1. The third kappa shape index (κ3) is 6.95. The molecule has 2 aromatic rings. The van der Waals surface area contributed by atoms with Crippen LogP contribution < -0.4 is 15.0 Å². The lowest BCUT2D eigenvalue weighted by molar-refractivity contribution is -0.109. The zero-order valence-electron chi connectivity index (χ0n) is 24.5. The van der Waals surface area contributed by atoms with Gasteiger partial charge in [0, 0.05) is 38.8 Å². The van der Waals surface area contributed by atoms with Gasteiger partial charge in [0.15, 0.2) is 8.32 Å². The van der Waals surface area contributed by atoms with Crippen LogP contribution in [-0.4, -0.2) is 64.4 Å². The number of aryl methyl sites for hydroxylation is 1. The van der Waals surface area contributed by atoms with Crippen LogP contribution in [-0.2, 0) is 31.7 Å². The number of aromatic nitrogens is 2. The third-order valence-electron chi connectivity index (χ3n) is 7.80. The summed E-state index contributed by atoms with van der Waals surface area (Å²) in [6.07, 6.45) is 3.07. The Balaban J connectivity index is 1.59. The van der Waals surface area contributed by atoms with E-state index in [4.69, 9.17) is 40.0 Å². The summed E-state index contributed by atoms with van der Waals surface area (Å²) < 4.78 is 29.1. The number of fused-ring (bicyclic) bond motifs is 1. The summed E-state index contributed by atoms with van der Waals surface area (Å²) in [6, 6.07) is 3.36. The zero-order valence-corrected chi connectivity index (χ0v) is 26.3. The molecule has 220 valence electrons. The van der Waals surface area contributed by atoms with Crippen molar-refractivity contribution in [2.75, 3.05) is 44.2 Å². The van der Waals surface area contributed by atoms with E-state index in [0.29, 0.717) is 54.5 Å². The van der Waals surface area contributed by atoms with Crippen LogP contribution in [0.25, 0.3) is 0 Å². The number of nitrogens with one attached hydrogen (secondary N) is 1. The fourth-order valence-corrected chi connectivity index (χ4v) is 5.51. The van der Waals surface area contributed by atoms with Gasteiger partial charge in [-0.1, -0.05) is 32.4 Å². The molecule has 1 N–H and O–H groups in total. The molecule has 0 aromatic carbocycles. The number of nitrogens with zero attached hydrogens (tertiary/aromatic N) is 3. The molecule has 1 saturated heterocycles. The van der Waals surface area contributed by atoms with E-state index in [9.17, 15) is 4.79 Å². The molecule has 1 atom stereocenters. The van der Waals surface area contributed by atoms with Crippen molar-refractivity contribution in [3.8, 4) is 5.75 Å². The Hall–Kier alpha value is -2.28. The van der Waals surface area contributed by atoms with Crippen LogP contribution in [0.15, 0.2) is 18.3 Å². The number of hydrogen-bond donors (Lipinski definition) is 1. The van der Waals surface area contributed by atoms with Crippen molar-refractivity contribution in [2.24, 2.45) is 0 Å². The summed E-state index contributed by atoms with van der Waals surface area (Å²) in [5, 5.41) is 3.32. The zero-order chi connectivity index (χ0) is 29.1. The highest BCUT2D eigenvalue weighted by atomic mass is 35.5. The number of ether oxygens (including phenoxy) is 4.